The Labute approximate surface area is 124 Å². The number of hydrogen-bond donors (Lipinski definition) is 2. The molecule has 0 radical (unpaired) electrons. The lowest BCUT2D eigenvalue weighted by Gasteiger charge is -2.11. The van der Waals surface area contributed by atoms with Gasteiger partial charge < -0.3 is 10.7 Å². The molecule has 2 aromatic carbocycles. The second-order valence-electron chi connectivity index (χ2n) is 4.43. The molecule has 3 aromatic rings. The molecule has 0 saturated carbocycles. The fourth-order valence-corrected chi connectivity index (χ4v) is 2.94. The van der Waals surface area contributed by atoms with Crippen LogP contribution in [0, 0.1) is 0 Å². The molecule has 3 N–H and O–H groups in total. The Morgan fingerprint density at radius 3 is 2.63 bits per heavy atom. The summed E-state index contributed by atoms with van der Waals surface area (Å²) in [6.07, 6.45) is 0. The zero-order valence-corrected chi connectivity index (χ0v) is 12.4. The molecule has 0 spiro atoms. The Balaban J connectivity index is 2.10. The number of nitrogens with two attached hydrogens (primary N) is 1. The van der Waals surface area contributed by atoms with E-state index in [9.17, 15) is 0 Å². The fraction of sp³-hybridized carbons (Fsp3) is 0.0667. The summed E-state index contributed by atoms with van der Waals surface area (Å²) in [4.78, 5) is 3.36. The lowest BCUT2D eigenvalue weighted by Crippen LogP contribution is -2.12. The normalized spacial score (nSPS) is 12.8. The van der Waals surface area contributed by atoms with Crippen LogP contribution in [0.3, 0.4) is 0 Å². The van der Waals surface area contributed by atoms with Crippen molar-refractivity contribution in [3.8, 4) is 0 Å². The second kappa shape index (κ2) is 5.00. The standard InChI is InChI=1S/C15H12BrClN2/c16-11-6-3-4-9-8-13(19-15(9)11)14(18)10-5-1-2-7-12(10)17/h1-8,14,19H,18H2/t14-/m1/s1. The van der Waals surface area contributed by atoms with Crippen LogP contribution in [0.15, 0.2) is 53.0 Å². The van der Waals surface area contributed by atoms with Gasteiger partial charge in [0.1, 0.15) is 0 Å². The van der Waals surface area contributed by atoms with E-state index in [1.165, 1.54) is 0 Å². The summed E-state index contributed by atoms with van der Waals surface area (Å²) in [6, 6.07) is 15.5. The molecule has 0 aliphatic carbocycles. The van der Waals surface area contributed by atoms with Gasteiger partial charge in [-0.2, -0.15) is 0 Å². The number of fused-ring (bicyclic) bond motifs is 1. The van der Waals surface area contributed by atoms with Crippen LogP contribution in [0.4, 0.5) is 0 Å². The van der Waals surface area contributed by atoms with Gasteiger partial charge in [0.2, 0.25) is 0 Å². The number of aromatic nitrogens is 1. The van der Waals surface area contributed by atoms with Crippen molar-refractivity contribution in [1.29, 1.82) is 0 Å². The van der Waals surface area contributed by atoms with Gasteiger partial charge in [0.05, 0.1) is 11.6 Å². The first-order valence-corrected chi connectivity index (χ1v) is 7.11. The van der Waals surface area contributed by atoms with Gasteiger partial charge in [-0.1, -0.05) is 41.9 Å². The third-order valence-corrected chi connectivity index (χ3v) is 4.21. The van der Waals surface area contributed by atoms with E-state index in [-0.39, 0.29) is 6.04 Å². The number of benzene rings is 2. The molecule has 0 aliphatic heterocycles. The van der Waals surface area contributed by atoms with Crippen LogP contribution in [-0.2, 0) is 0 Å². The Morgan fingerprint density at radius 2 is 1.89 bits per heavy atom. The fourth-order valence-electron chi connectivity index (χ4n) is 2.20. The van der Waals surface area contributed by atoms with Crippen molar-refractivity contribution in [3.05, 3.63) is 69.3 Å². The molecule has 1 atom stereocenters. The SMILES string of the molecule is N[C@@H](c1cc2cccc(Br)c2[nH]1)c1ccccc1Cl. The molecule has 19 heavy (non-hydrogen) atoms. The molecule has 96 valence electrons. The number of hydrogen-bond acceptors (Lipinski definition) is 1. The topological polar surface area (TPSA) is 41.8 Å². The minimum Gasteiger partial charge on any atom is -0.356 e. The van der Waals surface area contributed by atoms with Gasteiger partial charge in [0.15, 0.2) is 0 Å². The van der Waals surface area contributed by atoms with Gasteiger partial charge in [0, 0.05) is 20.6 Å². The highest BCUT2D eigenvalue weighted by molar-refractivity contribution is 9.10. The van der Waals surface area contributed by atoms with Crippen LogP contribution in [0.5, 0.6) is 0 Å². The van der Waals surface area contributed by atoms with E-state index >= 15 is 0 Å². The van der Waals surface area contributed by atoms with Crippen molar-refractivity contribution >= 4 is 38.4 Å². The van der Waals surface area contributed by atoms with Crippen LogP contribution in [0.2, 0.25) is 5.02 Å². The Morgan fingerprint density at radius 1 is 1.11 bits per heavy atom. The van der Waals surface area contributed by atoms with Crippen LogP contribution in [0.1, 0.15) is 17.3 Å². The number of para-hydroxylation sites is 1. The molecule has 1 aromatic heterocycles. The summed E-state index contributed by atoms with van der Waals surface area (Å²) in [5, 5.41) is 1.82. The quantitative estimate of drug-likeness (QED) is 0.704. The summed E-state index contributed by atoms with van der Waals surface area (Å²) in [6.45, 7) is 0. The van der Waals surface area contributed by atoms with Crippen LogP contribution < -0.4 is 5.73 Å². The van der Waals surface area contributed by atoms with Gasteiger partial charge >= 0.3 is 0 Å². The predicted octanol–water partition coefficient (Wildman–Crippen LogP) is 4.63. The number of H-pyrrole nitrogens is 1. The van der Waals surface area contributed by atoms with Crippen molar-refractivity contribution in [1.82, 2.24) is 4.98 Å². The smallest absolute Gasteiger partial charge is 0.0718 e. The minimum absolute atomic E-state index is 0.256. The van der Waals surface area contributed by atoms with E-state index in [4.69, 9.17) is 17.3 Å². The van der Waals surface area contributed by atoms with E-state index in [2.05, 4.69) is 33.0 Å². The van der Waals surface area contributed by atoms with E-state index in [1.807, 2.05) is 36.4 Å². The highest BCUT2D eigenvalue weighted by atomic mass is 79.9. The lowest BCUT2D eigenvalue weighted by molar-refractivity contribution is 0.842. The maximum absolute atomic E-state index is 6.30. The zero-order chi connectivity index (χ0) is 13.4. The van der Waals surface area contributed by atoms with Crippen molar-refractivity contribution in [3.63, 3.8) is 0 Å². The maximum atomic E-state index is 6.30. The largest absolute Gasteiger partial charge is 0.356 e. The second-order valence-corrected chi connectivity index (χ2v) is 5.69. The lowest BCUT2D eigenvalue weighted by atomic mass is 10.0. The minimum atomic E-state index is -0.256. The molecule has 0 aliphatic rings. The Kier molecular flexibility index (Phi) is 3.35. The third-order valence-electron chi connectivity index (χ3n) is 3.20. The first-order chi connectivity index (χ1) is 9.16. The maximum Gasteiger partial charge on any atom is 0.0718 e. The van der Waals surface area contributed by atoms with Crippen LogP contribution in [0.25, 0.3) is 10.9 Å². The molecule has 3 rings (SSSR count). The summed E-state index contributed by atoms with van der Waals surface area (Å²) >= 11 is 9.73. The first-order valence-electron chi connectivity index (χ1n) is 5.94. The average Bonchev–Trinajstić information content (AvgIpc) is 2.84. The van der Waals surface area contributed by atoms with Crippen molar-refractivity contribution in [2.24, 2.45) is 5.73 Å². The van der Waals surface area contributed by atoms with E-state index in [1.54, 1.807) is 0 Å². The predicted molar refractivity (Wildman–Crippen MR) is 83.5 cm³/mol. The van der Waals surface area contributed by atoms with Crippen LogP contribution >= 0.6 is 27.5 Å². The number of aromatic amines is 1. The third kappa shape index (κ3) is 2.29. The summed E-state index contributed by atoms with van der Waals surface area (Å²) in [7, 11) is 0. The molecule has 0 fully saturated rings. The monoisotopic (exact) mass is 334 g/mol. The van der Waals surface area contributed by atoms with Gasteiger partial charge in [-0.15, -0.1) is 0 Å². The van der Waals surface area contributed by atoms with E-state index in [0.717, 1.165) is 26.6 Å². The van der Waals surface area contributed by atoms with Crippen molar-refractivity contribution < 1.29 is 0 Å². The zero-order valence-electron chi connectivity index (χ0n) is 10.0. The summed E-state index contributed by atoms with van der Waals surface area (Å²) in [5.74, 6) is 0. The molecule has 1 heterocycles. The highest BCUT2D eigenvalue weighted by Crippen LogP contribution is 2.30. The van der Waals surface area contributed by atoms with Gasteiger partial charge in [-0.25, -0.2) is 0 Å². The van der Waals surface area contributed by atoms with Crippen molar-refractivity contribution in [2.45, 2.75) is 6.04 Å². The Bertz CT molecular complexity index is 736. The highest BCUT2D eigenvalue weighted by Gasteiger charge is 2.15. The van der Waals surface area contributed by atoms with Gasteiger partial charge in [-0.3, -0.25) is 0 Å². The van der Waals surface area contributed by atoms with E-state index in [0.29, 0.717) is 5.02 Å². The Hall–Kier alpha value is -1.29. The summed E-state index contributed by atoms with van der Waals surface area (Å²) in [5.41, 5.74) is 9.23. The summed E-state index contributed by atoms with van der Waals surface area (Å²) < 4.78 is 1.03. The molecular formula is C15H12BrClN2. The van der Waals surface area contributed by atoms with Gasteiger partial charge in [-0.05, 0) is 39.7 Å². The first kappa shape index (κ1) is 12.7. The average molecular weight is 336 g/mol. The molecule has 0 amide bonds. The number of rotatable bonds is 2. The molecule has 0 saturated heterocycles. The van der Waals surface area contributed by atoms with Crippen molar-refractivity contribution in [2.75, 3.05) is 0 Å². The molecule has 4 heteroatoms. The molecule has 0 unspecified atom stereocenters. The van der Waals surface area contributed by atoms with E-state index < -0.39 is 0 Å². The van der Waals surface area contributed by atoms with Crippen LogP contribution in [-0.4, -0.2) is 4.98 Å². The van der Waals surface area contributed by atoms with Gasteiger partial charge in [0.25, 0.3) is 0 Å². The number of halogens is 2. The molecule has 0 bridgehead atoms. The molecular weight excluding hydrogens is 324 g/mol. The molecule has 2 nitrogen and oxygen atoms in total. The number of nitrogens with one attached hydrogen (secondary N) is 1.